The number of benzene rings is 2. The van der Waals surface area contributed by atoms with Crippen molar-refractivity contribution >= 4 is 57.0 Å². The monoisotopic (exact) mass is 586 g/mol. The summed E-state index contributed by atoms with van der Waals surface area (Å²) >= 11 is 1.79. The number of carbonyl (C=O) groups excluding carboxylic acids is 1. The number of para-hydroxylation sites is 2. The fourth-order valence-electron chi connectivity index (χ4n) is 4.50. The van der Waals surface area contributed by atoms with E-state index in [9.17, 15) is 4.79 Å². The highest BCUT2D eigenvalue weighted by Crippen LogP contribution is 2.32. The fourth-order valence-corrected chi connectivity index (χ4v) is 5.51. The Balaban J connectivity index is 0.000000326. The minimum absolute atomic E-state index is 0.224. The first-order chi connectivity index (χ1) is 19.5. The number of amides is 1. The summed E-state index contributed by atoms with van der Waals surface area (Å²) in [6.07, 6.45) is 0.956. The molecule has 1 saturated heterocycles. The Kier molecular flexibility index (Phi) is 10.9. The van der Waals surface area contributed by atoms with Gasteiger partial charge in [-0.15, -0.1) is 11.3 Å². The molecule has 2 aliphatic heterocycles. The Morgan fingerprint density at radius 2 is 1.34 bits per heavy atom. The van der Waals surface area contributed by atoms with Crippen molar-refractivity contribution in [2.75, 3.05) is 37.6 Å². The molecule has 1 unspecified atom stereocenters. The number of carbonyl (C=O) groups is 5. The van der Waals surface area contributed by atoms with Gasteiger partial charge >= 0.3 is 23.9 Å². The van der Waals surface area contributed by atoms with E-state index in [4.69, 9.17) is 44.6 Å². The molecule has 3 heterocycles. The van der Waals surface area contributed by atoms with Gasteiger partial charge in [0.15, 0.2) is 0 Å². The molecule has 5 rings (SSSR count). The third-order valence-electron chi connectivity index (χ3n) is 6.36. The van der Waals surface area contributed by atoms with Crippen molar-refractivity contribution in [2.24, 2.45) is 0 Å². The van der Waals surface area contributed by atoms with Crippen molar-refractivity contribution in [3.05, 3.63) is 59.1 Å². The minimum atomic E-state index is -1.82. The second kappa shape index (κ2) is 14.3. The van der Waals surface area contributed by atoms with Crippen molar-refractivity contribution < 1.29 is 44.4 Å². The first-order valence-electron chi connectivity index (χ1n) is 12.6. The summed E-state index contributed by atoms with van der Waals surface area (Å²) in [5.74, 6) is -7.07. The number of carboxylic acids is 4. The van der Waals surface area contributed by atoms with Crippen molar-refractivity contribution in [3.63, 3.8) is 0 Å². The van der Waals surface area contributed by atoms with Gasteiger partial charge in [-0.05, 0) is 37.1 Å². The molecule has 0 bridgehead atoms. The van der Waals surface area contributed by atoms with Gasteiger partial charge in [0, 0.05) is 37.9 Å². The van der Waals surface area contributed by atoms with E-state index in [2.05, 4.69) is 53.1 Å². The molecule has 3 aromatic rings. The predicted octanol–water partition coefficient (Wildman–Crippen LogP) is 1.70. The zero-order valence-corrected chi connectivity index (χ0v) is 23.0. The number of aromatic nitrogens is 1. The lowest BCUT2D eigenvalue weighted by Gasteiger charge is -2.35. The topological polar surface area (TPSA) is 189 Å². The van der Waals surface area contributed by atoms with Crippen LogP contribution in [-0.2, 0) is 36.9 Å². The third-order valence-corrected chi connectivity index (χ3v) is 7.38. The predicted molar refractivity (Wildman–Crippen MR) is 149 cm³/mol. The van der Waals surface area contributed by atoms with Gasteiger partial charge in [0.25, 0.3) is 0 Å². The molecular weight excluding hydrogens is 556 g/mol. The van der Waals surface area contributed by atoms with Crippen molar-refractivity contribution in [1.29, 1.82) is 0 Å². The van der Waals surface area contributed by atoms with E-state index in [0.717, 1.165) is 50.3 Å². The van der Waals surface area contributed by atoms with Gasteiger partial charge in [-0.3, -0.25) is 14.6 Å². The number of rotatable bonds is 4. The van der Waals surface area contributed by atoms with Crippen molar-refractivity contribution in [2.45, 2.75) is 25.9 Å². The molecule has 41 heavy (non-hydrogen) atoms. The smallest absolute Gasteiger partial charge is 0.414 e. The molecule has 2 aromatic carbocycles. The Hall–Kier alpha value is -4.40. The van der Waals surface area contributed by atoms with Crippen LogP contribution in [0.1, 0.15) is 17.5 Å². The Morgan fingerprint density at radius 1 is 0.805 bits per heavy atom. The van der Waals surface area contributed by atoms with E-state index in [1.54, 1.807) is 11.3 Å². The maximum atomic E-state index is 13.0. The molecule has 1 fully saturated rings. The quantitative estimate of drug-likeness (QED) is 0.324. The molecule has 13 nitrogen and oxygen atoms in total. The van der Waals surface area contributed by atoms with Crippen LogP contribution in [0.4, 0.5) is 5.69 Å². The van der Waals surface area contributed by atoms with Crippen LogP contribution >= 0.6 is 11.3 Å². The van der Waals surface area contributed by atoms with Gasteiger partial charge in [0.1, 0.15) is 5.01 Å². The zero-order valence-electron chi connectivity index (χ0n) is 22.2. The normalized spacial score (nSPS) is 16.5. The lowest BCUT2D eigenvalue weighted by atomic mass is 10.1. The molecule has 0 saturated carbocycles. The molecule has 1 atom stereocenters. The number of hydrogen-bond acceptors (Lipinski definition) is 9. The van der Waals surface area contributed by atoms with Crippen LogP contribution in [0.25, 0.3) is 10.2 Å². The standard InChI is InChI=1S/C23H26N4OS.2C2H2O4/c1-17-14-18-6-2-4-8-20(18)27(17)23(28)16-26-12-10-25(11-13-26)15-22-24-19-7-3-5-9-21(19)29-22;2*3-1(4)2(5)6/h2-9,17H,10-16H2,1H3;2*(H,3,4)(H,5,6). The van der Waals surface area contributed by atoms with Gasteiger partial charge in [-0.2, -0.15) is 0 Å². The highest BCUT2D eigenvalue weighted by molar-refractivity contribution is 7.18. The van der Waals surface area contributed by atoms with Crippen molar-refractivity contribution in [3.8, 4) is 0 Å². The van der Waals surface area contributed by atoms with Gasteiger partial charge in [-0.1, -0.05) is 30.3 Å². The summed E-state index contributed by atoms with van der Waals surface area (Å²) in [6.45, 7) is 7.38. The summed E-state index contributed by atoms with van der Waals surface area (Å²) in [5, 5.41) is 30.7. The molecular formula is C27H30N4O9S. The second-order valence-electron chi connectivity index (χ2n) is 9.29. The lowest BCUT2D eigenvalue weighted by molar-refractivity contribution is -0.159. The minimum Gasteiger partial charge on any atom is -0.473 e. The summed E-state index contributed by atoms with van der Waals surface area (Å²) in [5.41, 5.74) is 3.48. The SMILES string of the molecule is CC1Cc2ccccc2N1C(=O)CN1CCN(Cc2nc3ccccc3s2)CC1.O=C(O)C(=O)O.O=C(O)C(=O)O. The molecule has 1 aromatic heterocycles. The van der Waals surface area contributed by atoms with Crippen LogP contribution < -0.4 is 4.90 Å². The highest BCUT2D eigenvalue weighted by atomic mass is 32.1. The maximum Gasteiger partial charge on any atom is 0.414 e. The number of carboxylic acid groups (broad SMARTS) is 4. The van der Waals surface area contributed by atoms with Crippen LogP contribution in [0.5, 0.6) is 0 Å². The lowest BCUT2D eigenvalue weighted by Crippen LogP contribution is -2.50. The average molecular weight is 587 g/mol. The van der Waals surface area contributed by atoms with E-state index < -0.39 is 23.9 Å². The fraction of sp³-hybridized carbons (Fsp3) is 0.333. The number of hydrogen-bond donors (Lipinski definition) is 4. The Morgan fingerprint density at radius 3 is 1.93 bits per heavy atom. The number of thiazole rings is 1. The van der Waals surface area contributed by atoms with Crippen LogP contribution in [0.15, 0.2) is 48.5 Å². The van der Waals surface area contributed by atoms with Crippen LogP contribution in [-0.4, -0.2) is 104 Å². The molecule has 1 amide bonds. The summed E-state index contributed by atoms with van der Waals surface area (Å²) in [4.78, 5) is 60.9. The first kappa shape index (κ1) is 31.1. The molecule has 218 valence electrons. The molecule has 4 N–H and O–H groups in total. The second-order valence-corrected chi connectivity index (χ2v) is 10.4. The van der Waals surface area contributed by atoms with E-state index >= 15 is 0 Å². The zero-order chi connectivity index (χ0) is 30.1. The Labute approximate surface area is 238 Å². The number of aliphatic carboxylic acids is 4. The molecule has 2 aliphatic rings. The molecule has 0 spiro atoms. The maximum absolute atomic E-state index is 13.0. The largest absolute Gasteiger partial charge is 0.473 e. The van der Waals surface area contributed by atoms with Gasteiger partial charge in [0.05, 0.1) is 23.3 Å². The molecule has 0 aliphatic carbocycles. The number of nitrogens with zero attached hydrogens (tertiary/aromatic N) is 4. The molecule has 14 heteroatoms. The summed E-state index contributed by atoms with van der Waals surface area (Å²) in [6, 6.07) is 16.9. The van der Waals surface area contributed by atoms with Gasteiger partial charge in [-0.25, -0.2) is 24.2 Å². The van der Waals surface area contributed by atoms with Crippen LogP contribution in [0.3, 0.4) is 0 Å². The van der Waals surface area contributed by atoms with E-state index in [0.29, 0.717) is 6.54 Å². The summed E-state index contributed by atoms with van der Waals surface area (Å²) in [7, 11) is 0. The van der Waals surface area contributed by atoms with E-state index in [1.807, 2.05) is 17.0 Å². The first-order valence-corrected chi connectivity index (χ1v) is 13.4. The van der Waals surface area contributed by atoms with Crippen molar-refractivity contribution in [1.82, 2.24) is 14.8 Å². The van der Waals surface area contributed by atoms with Gasteiger partial charge < -0.3 is 25.3 Å². The van der Waals surface area contributed by atoms with E-state index in [-0.39, 0.29) is 11.9 Å². The third kappa shape index (κ3) is 8.79. The Bertz CT molecular complexity index is 1340. The van der Waals surface area contributed by atoms with Crippen LogP contribution in [0.2, 0.25) is 0 Å². The van der Waals surface area contributed by atoms with Crippen LogP contribution in [0, 0.1) is 0 Å². The number of piperazine rings is 1. The average Bonchev–Trinajstić information content (AvgIpc) is 3.49. The van der Waals surface area contributed by atoms with Gasteiger partial charge in [0.2, 0.25) is 5.91 Å². The number of anilines is 1. The molecule has 0 radical (unpaired) electrons. The van der Waals surface area contributed by atoms with E-state index in [1.165, 1.54) is 15.3 Å². The summed E-state index contributed by atoms with van der Waals surface area (Å²) < 4.78 is 1.26. The number of fused-ring (bicyclic) bond motifs is 2. The highest BCUT2D eigenvalue weighted by Gasteiger charge is 2.31.